The van der Waals surface area contributed by atoms with Crippen LogP contribution in [0.2, 0.25) is 0 Å². The highest BCUT2D eigenvalue weighted by Gasteiger charge is 2.09. The second kappa shape index (κ2) is 4.45. The van der Waals surface area contributed by atoms with E-state index in [1.54, 1.807) is 6.08 Å². The van der Waals surface area contributed by atoms with Gasteiger partial charge in [0, 0.05) is 13.2 Å². The van der Waals surface area contributed by atoms with Crippen LogP contribution < -0.4 is 0 Å². The zero-order valence-corrected chi connectivity index (χ0v) is 6.05. The summed E-state index contributed by atoms with van der Waals surface area (Å²) in [6.07, 6.45) is 5.66. The number of rotatable bonds is 2. The van der Waals surface area contributed by atoms with Gasteiger partial charge in [0.1, 0.15) is 6.67 Å². The van der Waals surface area contributed by atoms with Gasteiger partial charge in [0.25, 0.3) is 0 Å². The summed E-state index contributed by atoms with van der Waals surface area (Å²) in [5.41, 5.74) is 0. The van der Waals surface area contributed by atoms with E-state index in [1.807, 2.05) is 6.08 Å². The summed E-state index contributed by atoms with van der Waals surface area (Å²) < 4.78 is 16.8. The highest BCUT2D eigenvalue weighted by molar-refractivity contribution is 4.88. The van der Waals surface area contributed by atoms with Crippen molar-refractivity contribution in [3.05, 3.63) is 12.2 Å². The van der Waals surface area contributed by atoms with Crippen molar-refractivity contribution in [2.24, 2.45) is 5.92 Å². The van der Waals surface area contributed by atoms with E-state index in [4.69, 9.17) is 4.74 Å². The lowest BCUT2D eigenvalue weighted by Gasteiger charge is -2.18. The topological polar surface area (TPSA) is 9.23 Å². The van der Waals surface area contributed by atoms with Gasteiger partial charge >= 0.3 is 0 Å². The zero-order valence-electron chi connectivity index (χ0n) is 6.05. The number of halogens is 1. The van der Waals surface area contributed by atoms with Gasteiger partial charge in [-0.3, -0.25) is 0 Å². The number of hydrogen-bond acceptors (Lipinski definition) is 1. The van der Waals surface area contributed by atoms with E-state index in [9.17, 15) is 4.39 Å². The average Bonchev–Trinajstić information content (AvgIpc) is 2.03. The minimum Gasteiger partial charge on any atom is -0.381 e. The van der Waals surface area contributed by atoms with E-state index in [-0.39, 0.29) is 6.67 Å². The van der Waals surface area contributed by atoms with Crippen LogP contribution in [0, 0.1) is 5.92 Å². The lowest BCUT2D eigenvalue weighted by atomic mass is 10.0. The molecule has 2 heteroatoms. The van der Waals surface area contributed by atoms with Crippen LogP contribution in [0.3, 0.4) is 0 Å². The summed E-state index contributed by atoms with van der Waals surface area (Å²) in [5.74, 6) is 0.560. The molecule has 1 aliphatic rings. The molecule has 1 heterocycles. The molecular weight excluding hydrogens is 131 g/mol. The molecule has 1 saturated heterocycles. The molecule has 1 nitrogen and oxygen atoms in total. The van der Waals surface area contributed by atoms with Crippen molar-refractivity contribution in [3.8, 4) is 0 Å². The van der Waals surface area contributed by atoms with Crippen LogP contribution >= 0.6 is 0 Å². The largest absolute Gasteiger partial charge is 0.381 e. The summed E-state index contributed by atoms with van der Waals surface area (Å²) in [6, 6.07) is 0. The SMILES string of the molecule is FC/C=C/C1CCOCC1. The van der Waals surface area contributed by atoms with Gasteiger partial charge in [0.15, 0.2) is 0 Å². The van der Waals surface area contributed by atoms with Gasteiger partial charge in [-0.15, -0.1) is 0 Å². The van der Waals surface area contributed by atoms with Crippen LogP contribution in [0.4, 0.5) is 4.39 Å². The Kier molecular flexibility index (Phi) is 3.44. The number of allylic oxidation sites excluding steroid dienone is 2. The Morgan fingerprint density at radius 2 is 2.10 bits per heavy atom. The summed E-state index contributed by atoms with van der Waals surface area (Å²) in [5, 5.41) is 0. The Balaban J connectivity index is 2.19. The third-order valence-electron chi connectivity index (χ3n) is 1.76. The normalized spacial score (nSPS) is 22.1. The third kappa shape index (κ3) is 2.48. The van der Waals surface area contributed by atoms with Gasteiger partial charge in [-0.1, -0.05) is 12.2 Å². The summed E-state index contributed by atoms with van der Waals surface area (Å²) in [4.78, 5) is 0. The van der Waals surface area contributed by atoms with Crippen molar-refractivity contribution in [2.45, 2.75) is 12.8 Å². The molecule has 1 rings (SSSR count). The summed E-state index contributed by atoms with van der Waals surface area (Å²) >= 11 is 0. The molecule has 0 saturated carbocycles. The molecular formula is C8H13FO. The maximum Gasteiger partial charge on any atom is 0.108 e. The van der Waals surface area contributed by atoms with Crippen molar-refractivity contribution in [2.75, 3.05) is 19.9 Å². The van der Waals surface area contributed by atoms with E-state index in [1.165, 1.54) is 0 Å². The highest BCUT2D eigenvalue weighted by atomic mass is 19.1. The molecule has 0 amide bonds. The van der Waals surface area contributed by atoms with Gasteiger partial charge in [-0.05, 0) is 18.8 Å². The fraction of sp³-hybridized carbons (Fsp3) is 0.750. The minimum atomic E-state index is -0.336. The Labute approximate surface area is 60.9 Å². The molecule has 0 bridgehead atoms. The molecule has 0 aromatic rings. The number of ether oxygens (including phenoxy) is 1. The number of alkyl halides is 1. The Hall–Kier alpha value is -0.370. The fourth-order valence-electron chi connectivity index (χ4n) is 1.15. The first-order valence-electron chi connectivity index (χ1n) is 3.74. The molecule has 0 aromatic heterocycles. The van der Waals surface area contributed by atoms with Gasteiger partial charge in [-0.2, -0.15) is 0 Å². The predicted molar refractivity (Wildman–Crippen MR) is 38.7 cm³/mol. The van der Waals surface area contributed by atoms with E-state index < -0.39 is 0 Å². The van der Waals surface area contributed by atoms with Crippen LogP contribution in [0.15, 0.2) is 12.2 Å². The van der Waals surface area contributed by atoms with Crippen molar-refractivity contribution >= 4 is 0 Å². The number of hydrogen-bond donors (Lipinski definition) is 0. The van der Waals surface area contributed by atoms with Crippen LogP contribution in [0.1, 0.15) is 12.8 Å². The van der Waals surface area contributed by atoms with Crippen LogP contribution in [-0.4, -0.2) is 19.9 Å². The molecule has 58 valence electrons. The van der Waals surface area contributed by atoms with E-state index in [2.05, 4.69) is 0 Å². The lowest BCUT2D eigenvalue weighted by molar-refractivity contribution is 0.0784. The average molecular weight is 144 g/mol. The van der Waals surface area contributed by atoms with Crippen LogP contribution in [-0.2, 0) is 4.74 Å². The molecule has 1 fully saturated rings. The molecule has 0 atom stereocenters. The van der Waals surface area contributed by atoms with E-state index in [0.717, 1.165) is 26.1 Å². The van der Waals surface area contributed by atoms with Gasteiger partial charge < -0.3 is 4.74 Å². The second-order valence-electron chi connectivity index (χ2n) is 2.53. The first-order valence-corrected chi connectivity index (χ1v) is 3.74. The second-order valence-corrected chi connectivity index (χ2v) is 2.53. The van der Waals surface area contributed by atoms with Crippen LogP contribution in [0.25, 0.3) is 0 Å². The molecule has 1 aliphatic heterocycles. The lowest BCUT2D eigenvalue weighted by Crippen LogP contribution is -2.13. The van der Waals surface area contributed by atoms with Crippen molar-refractivity contribution in [1.82, 2.24) is 0 Å². The maximum absolute atomic E-state index is 11.6. The first kappa shape index (κ1) is 7.73. The van der Waals surface area contributed by atoms with Gasteiger partial charge in [-0.25, -0.2) is 4.39 Å². The molecule has 0 N–H and O–H groups in total. The zero-order chi connectivity index (χ0) is 7.23. The standard InChI is InChI=1S/C8H13FO/c9-5-1-2-8-3-6-10-7-4-8/h1-2,8H,3-7H2/b2-1+. The monoisotopic (exact) mass is 144 g/mol. The predicted octanol–water partition coefficient (Wildman–Crippen LogP) is 1.94. The van der Waals surface area contributed by atoms with Crippen LogP contribution in [0.5, 0.6) is 0 Å². The Morgan fingerprint density at radius 1 is 1.40 bits per heavy atom. The third-order valence-corrected chi connectivity index (χ3v) is 1.76. The Bertz CT molecular complexity index is 106. The summed E-state index contributed by atoms with van der Waals surface area (Å²) in [7, 11) is 0. The quantitative estimate of drug-likeness (QED) is 0.538. The first-order chi connectivity index (χ1) is 4.93. The van der Waals surface area contributed by atoms with Crippen molar-refractivity contribution < 1.29 is 9.13 Å². The molecule has 0 unspecified atom stereocenters. The smallest absolute Gasteiger partial charge is 0.108 e. The molecule has 0 aliphatic carbocycles. The van der Waals surface area contributed by atoms with E-state index in [0.29, 0.717) is 5.92 Å². The van der Waals surface area contributed by atoms with Gasteiger partial charge in [0.2, 0.25) is 0 Å². The van der Waals surface area contributed by atoms with Crippen molar-refractivity contribution in [1.29, 1.82) is 0 Å². The minimum absolute atomic E-state index is 0.336. The Morgan fingerprint density at radius 3 is 2.70 bits per heavy atom. The highest BCUT2D eigenvalue weighted by Crippen LogP contribution is 2.15. The molecule has 0 spiro atoms. The molecule has 0 aromatic carbocycles. The fourth-order valence-corrected chi connectivity index (χ4v) is 1.15. The maximum atomic E-state index is 11.6. The molecule has 0 radical (unpaired) electrons. The van der Waals surface area contributed by atoms with Crippen molar-refractivity contribution in [3.63, 3.8) is 0 Å². The molecule has 10 heavy (non-hydrogen) atoms. The summed E-state index contributed by atoms with van der Waals surface area (Å²) in [6.45, 7) is 1.33. The van der Waals surface area contributed by atoms with Gasteiger partial charge in [0.05, 0.1) is 0 Å². The van der Waals surface area contributed by atoms with E-state index >= 15 is 0 Å².